The minimum Gasteiger partial charge on any atom is -0.354 e. The molecule has 0 aliphatic carbocycles. The fourth-order valence-electron chi connectivity index (χ4n) is 4.26. The van der Waals surface area contributed by atoms with Crippen molar-refractivity contribution in [2.45, 2.75) is 25.3 Å². The van der Waals surface area contributed by atoms with Crippen molar-refractivity contribution in [2.75, 3.05) is 31.1 Å². The van der Waals surface area contributed by atoms with Crippen LogP contribution >= 0.6 is 0 Å². The van der Waals surface area contributed by atoms with Crippen LogP contribution in [-0.4, -0.2) is 52.1 Å². The fraction of sp³-hybridized carbons (Fsp3) is 0.381. The molecule has 2 saturated heterocycles. The van der Waals surface area contributed by atoms with Gasteiger partial charge >= 0.3 is 0 Å². The van der Waals surface area contributed by atoms with Crippen LogP contribution in [0.3, 0.4) is 0 Å². The van der Waals surface area contributed by atoms with Crippen molar-refractivity contribution in [3.05, 3.63) is 48.8 Å². The predicted octanol–water partition coefficient (Wildman–Crippen LogP) is 3.37. The molecule has 5 heteroatoms. The highest BCUT2D eigenvalue weighted by Crippen LogP contribution is 2.31. The first-order chi connectivity index (χ1) is 12.9. The maximum atomic E-state index is 4.97. The Hall–Kier alpha value is -2.53. The highest BCUT2D eigenvalue weighted by atomic mass is 15.3. The molecule has 5 rings (SSSR count). The molecule has 26 heavy (non-hydrogen) atoms. The van der Waals surface area contributed by atoms with Crippen LogP contribution in [0.2, 0.25) is 0 Å². The van der Waals surface area contributed by atoms with E-state index in [9.17, 15) is 0 Å². The van der Waals surface area contributed by atoms with Crippen LogP contribution in [-0.2, 0) is 0 Å². The summed E-state index contributed by atoms with van der Waals surface area (Å²) >= 11 is 0. The van der Waals surface area contributed by atoms with Crippen molar-refractivity contribution >= 4 is 16.7 Å². The summed E-state index contributed by atoms with van der Waals surface area (Å²) < 4.78 is 0. The first kappa shape index (κ1) is 15.7. The van der Waals surface area contributed by atoms with Gasteiger partial charge in [-0.15, -0.1) is 0 Å². The van der Waals surface area contributed by atoms with Gasteiger partial charge in [0.25, 0.3) is 0 Å². The van der Waals surface area contributed by atoms with E-state index in [0.717, 1.165) is 41.2 Å². The van der Waals surface area contributed by atoms with Gasteiger partial charge in [-0.25, -0.2) is 9.97 Å². The third kappa shape index (κ3) is 2.82. The summed E-state index contributed by atoms with van der Waals surface area (Å²) in [5, 5.41) is 1.14. The van der Waals surface area contributed by atoms with Crippen molar-refractivity contribution in [2.24, 2.45) is 0 Å². The molecule has 0 amide bonds. The number of nitrogens with zero attached hydrogens (tertiary/aromatic N) is 5. The lowest BCUT2D eigenvalue weighted by Crippen LogP contribution is -2.35. The molecular weight excluding hydrogens is 322 g/mol. The lowest BCUT2D eigenvalue weighted by molar-refractivity contribution is 0.260. The van der Waals surface area contributed by atoms with E-state index in [4.69, 9.17) is 9.97 Å². The smallest absolute Gasteiger partial charge is 0.163 e. The molecule has 3 aromatic rings. The number of aromatic nitrogens is 3. The van der Waals surface area contributed by atoms with Crippen molar-refractivity contribution in [1.82, 2.24) is 19.9 Å². The van der Waals surface area contributed by atoms with E-state index in [0.29, 0.717) is 6.04 Å². The first-order valence-electron chi connectivity index (χ1n) is 9.55. The third-order valence-electron chi connectivity index (χ3n) is 5.62. The molecule has 2 aliphatic heterocycles. The number of para-hydroxylation sites is 1. The zero-order chi connectivity index (χ0) is 17.3. The van der Waals surface area contributed by atoms with Crippen molar-refractivity contribution in [1.29, 1.82) is 0 Å². The lowest BCUT2D eigenvalue weighted by Gasteiger charge is -2.24. The van der Waals surface area contributed by atoms with Gasteiger partial charge in [-0.3, -0.25) is 9.88 Å². The SMILES string of the molecule is c1cncc(-c2nc(N3CC[C@H](N4CCCC4)C3)c3ccccc3n2)c1. The number of hydrogen-bond donors (Lipinski definition) is 0. The molecule has 2 aliphatic rings. The first-order valence-corrected chi connectivity index (χ1v) is 9.55. The van der Waals surface area contributed by atoms with Gasteiger partial charge in [-0.05, 0) is 56.6 Å². The summed E-state index contributed by atoms with van der Waals surface area (Å²) in [5.74, 6) is 1.83. The van der Waals surface area contributed by atoms with Gasteiger partial charge < -0.3 is 4.90 Å². The van der Waals surface area contributed by atoms with Crippen molar-refractivity contribution in [3.63, 3.8) is 0 Å². The number of fused-ring (bicyclic) bond motifs is 1. The molecule has 0 saturated carbocycles. The molecule has 0 unspecified atom stereocenters. The van der Waals surface area contributed by atoms with E-state index in [1.807, 2.05) is 24.4 Å². The molecule has 4 heterocycles. The van der Waals surface area contributed by atoms with Gasteiger partial charge in [-0.1, -0.05) is 12.1 Å². The van der Waals surface area contributed by atoms with E-state index >= 15 is 0 Å². The molecule has 0 spiro atoms. The number of hydrogen-bond acceptors (Lipinski definition) is 5. The van der Waals surface area contributed by atoms with Crippen LogP contribution in [0.1, 0.15) is 19.3 Å². The number of likely N-dealkylation sites (tertiary alicyclic amines) is 1. The van der Waals surface area contributed by atoms with Crippen LogP contribution in [0.5, 0.6) is 0 Å². The van der Waals surface area contributed by atoms with E-state index in [1.165, 1.54) is 32.4 Å². The Kier molecular flexibility index (Phi) is 4.02. The highest BCUT2D eigenvalue weighted by molar-refractivity contribution is 5.91. The van der Waals surface area contributed by atoms with Crippen LogP contribution in [0.4, 0.5) is 5.82 Å². The van der Waals surface area contributed by atoms with E-state index < -0.39 is 0 Å². The molecule has 0 N–H and O–H groups in total. The van der Waals surface area contributed by atoms with E-state index in [-0.39, 0.29) is 0 Å². The topological polar surface area (TPSA) is 45.2 Å². The molecular formula is C21H23N5. The maximum Gasteiger partial charge on any atom is 0.163 e. The zero-order valence-corrected chi connectivity index (χ0v) is 14.9. The normalized spacial score (nSPS) is 20.9. The van der Waals surface area contributed by atoms with Gasteiger partial charge in [0, 0.05) is 42.5 Å². The Morgan fingerprint density at radius 1 is 0.923 bits per heavy atom. The summed E-state index contributed by atoms with van der Waals surface area (Å²) in [4.78, 5) is 19.1. The molecule has 2 aromatic heterocycles. The molecule has 1 aromatic carbocycles. The van der Waals surface area contributed by atoms with Crippen LogP contribution in [0, 0.1) is 0 Å². The molecule has 5 nitrogen and oxygen atoms in total. The third-order valence-corrected chi connectivity index (χ3v) is 5.62. The standard InChI is InChI=1S/C21H23N5/c1-2-8-19-18(7-1)21(24-20(23-19)16-6-5-10-22-14-16)26-13-9-17(15-26)25-11-3-4-12-25/h1-2,5-8,10,14,17H,3-4,9,11-13,15H2/t17-/m0/s1. The predicted molar refractivity (Wildman–Crippen MR) is 104 cm³/mol. The average molecular weight is 345 g/mol. The largest absolute Gasteiger partial charge is 0.354 e. The summed E-state index contributed by atoms with van der Waals surface area (Å²) in [6, 6.07) is 13.0. The summed E-state index contributed by atoms with van der Waals surface area (Å²) in [7, 11) is 0. The van der Waals surface area contributed by atoms with Gasteiger partial charge in [0.05, 0.1) is 5.52 Å². The second-order valence-electron chi connectivity index (χ2n) is 7.26. The number of rotatable bonds is 3. The Balaban J connectivity index is 1.54. The molecule has 0 radical (unpaired) electrons. The van der Waals surface area contributed by atoms with E-state index in [1.54, 1.807) is 6.20 Å². The Labute approximate surface area is 153 Å². The molecule has 1 atom stereocenters. The number of benzene rings is 1. The van der Waals surface area contributed by atoms with E-state index in [2.05, 4.69) is 33.0 Å². The number of pyridine rings is 1. The summed E-state index contributed by atoms with van der Waals surface area (Å²) in [6.45, 7) is 4.63. The fourth-order valence-corrected chi connectivity index (χ4v) is 4.26. The highest BCUT2D eigenvalue weighted by Gasteiger charge is 2.30. The minimum absolute atomic E-state index is 0.660. The maximum absolute atomic E-state index is 4.97. The van der Waals surface area contributed by atoms with Crippen LogP contribution < -0.4 is 4.90 Å². The van der Waals surface area contributed by atoms with Crippen molar-refractivity contribution in [3.8, 4) is 11.4 Å². The second-order valence-corrected chi connectivity index (χ2v) is 7.26. The van der Waals surface area contributed by atoms with Crippen LogP contribution in [0.15, 0.2) is 48.8 Å². The summed E-state index contributed by atoms with van der Waals surface area (Å²) in [6.07, 6.45) is 7.54. The molecule has 0 bridgehead atoms. The molecule has 2 fully saturated rings. The average Bonchev–Trinajstić information content (AvgIpc) is 3.39. The lowest BCUT2D eigenvalue weighted by atomic mass is 10.2. The van der Waals surface area contributed by atoms with Gasteiger partial charge in [0.15, 0.2) is 5.82 Å². The van der Waals surface area contributed by atoms with Gasteiger partial charge in [0.1, 0.15) is 5.82 Å². The second kappa shape index (κ2) is 6.65. The van der Waals surface area contributed by atoms with Gasteiger partial charge in [-0.2, -0.15) is 0 Å². The van der Waals surface area contributed by atoms with Crippen molar-refractivity contribution < 1.29 is 0 Å². The van der Waals surface area contributed by atoms with Crippen LogP contribution in [0.25, 0.3) is 22.3 Å². The molecule has 132 valence electrons. The monoisotopic (exact) mass is 345 g/mol. The Morgan fingerprint density at radius 2 is 1.81 bits per heavy atom. The quantitative estimate of drug-likeness (QED) is 0.728. The summed E-state index contributed by atoms with van der Waals surface area (Å²) in [5.41, 5.74) is 1.97. The Morgan fingerprint density at radius 3 is 2.65 bits per heavy atom. The minimum atomic E-state index is 0.660. The van der Waals surface area contributed by atoms with Gasteiger partial charge in [0.2, 0.25) is 0 Å². The Bertz CT molecular complexity index is 905. The number of anilines is 1. The zero-order valence-electron chi connectivity index (χ0n) is 14.9.